The number of anilines is 2. The Hall–Kier alpha value is -2.41. The molecule has 7 nitrogen and oxygen atoms in total. The zero-order valence-electron chi connectivity index (χ0n) is 13.1. The second-order valence-corrected chi connectivity index (χ2v) is 5.90. The summed E-state index contributed by atoms with van der Waals surface area (Å²) in [6.07, 6.45) is 0.863. The third kappa shape index (κ3) is 2.57. The van der Waals surface area contributed by atoms with Gasteiger partial charge in [0.1, 0.15) is 0 Å². The van der Waals surface area contributed by atoms with Crippen LogP contribution < -0.4 is 15.1 Å². The number of aromatic nitrogens is 2. The molecule has 0 spiro atoms. The normalized spacial score (nSPS) is 17.4. The molecule has 0 atom stereocenters. The van der Waals surface area contributed by atoms with Crippen molar-refractivity contribution in [3.63, 3.8) is 0 Å². The Balaban J connectivity index is 1.59. The van der Waals surface area contributed by atoms with Crippen molar-refractivity contribution >= 4 is 17.5 Å². The van der Waals surface area contributed by atoms with Crippen molar-refractivity contribution in [2.45, 2.75) is 13.3 Å². The van der Waals surface area contributed by atoms with E-state index in [9.17, 15) is 4.79 Å². The van der Waals surface area contributed by atoms with Crippen LogP contribution in [0.25, 0.3) is 11.5 Å². The average molecular weight is 313 g/mol. The van der Waals surface area contributed by atoms with E-state index >= 15 is 0 Å². The third-order valence-electron chi connectivity index (χ3n) is 4.42. The quantitative estimate of drug-likeness (QED) is 0.893. The van der Waals surface area contributed by atoms with E-state index in [1.54, 1.807) is 11.8 Å². The van der Waals surface area contributed by atoms with E-state index in [1.807, 2.05) is 18.2 Å². The van der Waals surface area contributed by atoms with Gasteiger partial charge in [-0.25, -0.2) is 0 Å². The number of benzene rings is 1. The highest BCUT2D eigenvalue weighted by molar-refractivity contribution is 5.94. The smallest absolute Gasteiger partial charge is 0.266 e. The monoisotopic (exact) mass is 313 g/mol. The highest BCUT2D eigenvalue weighted by Gasteiger charge is 2.24. The number of rotatable bonds is 2. The highest BCUT2D eigenvalue weighted by Crippen LogP contribution is 2.32. The van der Waals surface area contributed by atoms with E-state index < -0.39 is 0 Å². The summed E-state index contributed by atoms with van der Waals surface area (Å²) in [5.74, 6) is 1.25. The number of fused-ring (bicyclic) bond motifs is 1. The minimum atomic E-state index is 0.0790. The predicted molar refractivity (Wildman–Crippen MR) is 86.5 cm³/mol. The lowest BCUT2D eigenvalue weighted by Gasteiger charge is -2.25. The van der Waals surface area contributed by atoms with Gasteiger partial charge in [-0.05, 0) is 35.3 Å². The van der Waals surface area contributed by atoms with Crippen molar-refractivity contribution in [1.29, 1.82) is 0 Å². The molecule has 0 unspecified atom stereocenters. The molecular formula is C16H19N5O2. The minimum Gasteiger partial charge on any atom is -0.336 e. The van der Waals surface area contributed by atoms with E-state index in [0.717, 1.165) is 56.0 Å². The van der Waals surface area contributed by atoms with Crippen molar-refractivity contribution in [2.75, 3.05) is 42.5 Å². The van der Waals surface area contributed by atoms with Crippen LogP contribution in [0.1, 0.15) is 12.5 Å². The van der Waals surface area contributed by atoms with Crippen molar-refractivity contribution in [1.82, 2.24) is 15.5 Å². The first-order chi connectivity index (χ1) is 11.2. The van der Waals surface area contributed by atoms with Crippen LogP contribution in [0.4, 0.5) is 11.6 Å². The fourth-order valence-corrected chi connectivity index (χ4v) is 3.19. The van der Waals surface area contributed by atoms with Crippen LogP contribution in [0.2, 0.25) is 0 Å². The molecule has 23 heavy (non-hydrogen) atoms. The Kier molecular flexibility index (Phi) is 3.49. The second kappa shape index (κ2) is 5.66. The first-order valence-corrected chi connectivity index (χ1v) is 7.93. The molecule has 4 rings (SSSR count). The Bertz CT molecular complexity index is 736. The molecule has 0 radical (unpaired) electrons. The highest BCUT2D eigenvalue weighted by atomic mass is 16.5. The summed E-state index contributed by atoms with van der Waals surface area (Å²) in [6, 6.07) is 5.95. The van der Waals surface area contributed by atoms with E-state index in [1.165, 1.54) is 0 Å². The number of piperazine rings is 1. The Morgan fingerprint density at radius 1 is 1.26 bits per heavy atom. The molecule has 3 heterocycles. The van der Waals surface area contributed by atoms with Gasteiger partial charge < -0.3 is 19.6 Å². The SMILES string of the molecule is CC(=O)N1CCc2cc(-c3nc(N4CCNCC4)no3)ccc21. The molecule has 0 saturated carbocycles. The molecule has 2 aliphatic rings. The molecule has 1 fully saturated rings. The van der Waals surface area contributed by atoms with Crippen molar-refractivity contribution in [2.24, 2.45) is 0 Å². The molecule has 1 amide bonds. The Labute approximate surface area is 134 Å². The fourth-order valence-electron chi connectivity index (χ4n) is 3.19. The molecule has 1 saturated heterocycles. The number of nitrogens with zero attached hydrogens (tertiary/aromatic N) is 4. The van der Waals surface area contributed by atoms with Crippen molar-refractivity contribution in [3.05, 3.63) is 23.8 Å². The van der Waals surface area contributed by atoms with Crippen LogP contribution in [-0.2, 0) is 11.2 Å². The molecule has 0 bridgehead atoms. The lowest BCUT2D eigenvalue weighted by atomic mass is 10.1. The van der Waals surface area contributed by atoms with Crippen LogP contribution in [-0.4, -0.2) is 48.8 Å². The van der Waals surface area contributed by atoms with Gasteiger partial charge in [-0.1, -0.05) is 0 Å². The zero-order chi connectivity index (χ0) is 15.8. The first-order valence-electron chi connectivity index (χ1n) is 7.93. The molecule has 1 aromatic carbocycles. The number of nitrogens with one attached hydrogen (secondary N) is 1. The topological polar surface area (TPSA) is 74.5 Å². The molecule has 120 valence electrons. The van der Waals surface area contributed by atoms with E-state index in [0.29, 0.717) is 11.8 Å². The summed E-state index contributed by atoms with van der Waals surface area (Å²) < 4.78 is 5.43. The van der Waals surface area contributed by atoms with Gasteiger partial charge in [0.2, 0.25) is 5.91 Å². The summed E-state index contributed by atoms with van der Waals surface area (Å²) in [7, 11) is 0. The standard InChI is InChI=1S/C16H19N5O2/c1-11(22)21-7-4-12-10-13(2-3-14(12)21)15-18-16(19-23-15)20-8-5-17-6-9-20/h2-3,10,17H,4-9H2,1H3. The molecule has 7 heteroatoms. The summed E-state index contributed by atoms with van der Waals surface area (Å²) in [5.41, 5.74) is 3.05. The maximum absolute atomic E-state index is 11.6. The van der Waals surface area contributed by atoms with E-state index in [2.05, 4.69) is 20.4 Å². The first kappa shape index (κ1) is 14.2. The average Bonchev–Trinajstić information content (AvgIpc) is 3.22. The van der Waals surface area contributed by atoms with Crippen LogP contribution in [0, 0.1) is 0 Å². The van der Waals surface area contributed by atoms with Crippen molar-refractivity contribution < 1.29 is 9.32 Å². The van der Waals surface area contributed by atoms with Crippen molar-refractivity contribution in [3.8, 4) is 11.5 Å². The van der Waals surface area contributed by atoms with Crippen LogP contribution in [0.3, 0.4) is 0 Å². The molecular weight excluding hydrogens is 294 g/mol. The van der Waals surface area contributed by atoms with Crippen LogP contribution in [0.15, 0.2) is 22.7 Å². The number of hydrogen-bond donors (Lipinski definition) is 1. The molecule has 2 aliphatic heterocycles. The summed E-state index contributed by atoms with van der Waals surface area (Å²) >= 11 is 0. The molecule has 0 aliphatic carbocycles. The second-order valence-electron chi connectivity index (χ2n) is 5.90. The van der Waals surface area contributed by atoms with Gasteiger partial charge in [0.25, 0.3) is 11.8 Å². The largest absolute Gasteiger partial charge is 0.336 e. The number of hydrogen-bond acceptors (Lipinski definition) is 6. The number of amides is 1. The summed E-state index contributed by atoms with van der Waals surface area (Å²) in [4.78, 5) is 20.1. The van der Waals surface area contributed by atoms with Gasteiger partial charge >= 0.3 is 0 Å². The molecule has 1 N–H and O–H groups in total. The summed E-state index contributed by atoms with van der Waals surface area (Å²) in [5, 5.41) is 7.40. The van der Waals surface area contributed by atoms with E-state index in [-0.39, 0.29) is 5.91 Å². The predicted octanol–water partition coefficient (Wildman–Crippen LogP) is 1.06. The molecule has 1 aromatic heterocycles. The van der Waals surface area contributed by atoms with Gasteiger partial charge in [0, 0.05) is 50.9 Å². The zero-order valence-corrected chi connectivity index (χ0v) is 13.1. The minimum absolute atomic E-state index is 0.0790. The Morgan fingerprint density at radius 2 is 2.09 bits per heavy atom. The fraction of sp³-hybridized carbons (Fsp3) is 0.438. The lowest BCUT2D eigenvalue weighted by molar-refractivity contribution is -0.116. The third-order valence-corrected chi connectivity index (χ3v) is 4.42. The van der Waals surface area contributed by atoms with Gasteiger partial charge in [0.05, 0.1) is 0 Å². The van der Waals surface area contributed by atoms with Gasteiger partial charge in [0.15, 0.2) is 0 Å². The maximum atomic E-state index is 11.6. The van der Waals surface area contributed by atoms with Gasteiger partial charge in [-0.2, -0.15) is 4.98 Å². The van der Waals surface area contributed by atoms with Crippen LogP contribution in [0.5, 0.6) is 0 Å². The van der Waals surface area contributed by atoms with Gasteiger partial charge in [-0.15, -0.1) is 0 Å². The van der Waals surface area contributed by atoms with Crippen LogP contribution >= 0.6 is 0 Å². The lowest BCUT2D eigenvalue weighted by Crippen LogP contribution is -2.44. The number of carbonyl (C=O) groups is 1. The number of carbonyl (C=O) groups excluding carboxylic acids is 1. The maximum Gasteiger partial charge on any atom is 0.266 e. The van der Waals surface area contributed by atoms with Gasteiger partial charge in [-0.3, -0.25) is 4.79 Å². The molecule has 2 aromatic rings. The van der Waals surface area contributed by atoms with E-state index in [4.69, 9.17) is 4.52 Å². The summed E-state index contributed by atoms with van der Waals surface area (Å²) in [6.45, 7) is 5.98. The Morgan fingerprint density at radius 3 is 2.87 bits per heavy atom.